The first-order valence-corrected chi connectivity index (χ1v) is 15.2. The molecule has 4 rings (SSSR count). The molecule has 1 heterocycles. The van der Waals surface area contributed by atoms with Gasteiger partial charge in [0.1, 0.15) is 35.6 Å². The fourth-order valence-corrected chi connectivity index (χ4v) is 8.43. The minimum atomic E-state index is -2.09. The van der Waals surface area contributed by atoms with Gasteiger partial charge in [-0.3, -0.25) is 28.8 Å². The van der Waals surface area contributed by atoms with Crippen molar-refractivity contribution in [2.45, 2.75) is 130 Å². The Bertz CT molecular complexity index is 1360. The van der Waals surface area contributed by atoms with Gasteiger partial charge in [0, 0.05) is 65.7 Å². The van der Waals surface area contributed by atoms with E-state index in [1.165, 1.54) is 27.7 Å². The molecule has 14 heteroatoms. The molecule has 0 aromatic carbocycles. The SMILES string of the molecule is CC(=O)O[C@@H]1C2=C(C)[C@H](OC(C)=O)C[C@@](O)([C@@H](OC(C)=O)[C@@H]3[C@]4(CO4)[C@@H](OC(C)=O)C[C@@H](OC(C)=O)[C@@]3(C)[C@H]1OC(C)=O)C2(C)C. The van der Waals surface area contributed by atoms with Crippen molar-refractivity contribution in [3.8, 4) is 0 Å². The molecule has 0 aromatic rings. The van der Waals surface area contributed by atoms with Gasteiger partial charge in [-0.1, -0.05) is 20.8 Å². The maximum atomic E-state index is 13.1. The van der Waals surface area contributed by atoms with Crippen molar-refractivity contribution < 1.29 is 67.0 Å². The Balaban J connectivity index is 2.20. The second kappa shape index (κ2) is 11.9. The lowest BCUT2D eigenvalue weighted by Crippen LogP contribution is -2.76. The van der Waals surface area contributed by atoms with Crippen LogP contribution >= 0.6 is 0 Å². The summed E-state index contributed by atoms with van der Waals surface area (Å²) in [6.45, 7) is 13.6. The first kappa shape index (κ1) is 35.3. The number of rotatable bonds is 6. The van der Waals surface area contributed by atoms with E-state index in [9.17, 15) is 33.9 Å². The van der Waals surface area contributed by atoms with Gasteiger partial charge in [-0.15, -0.1) is 0 Å². The van der Waals surface area contributed by atoms with Crippen LogP contribution in [-0.2, 0) is 61.9 Å². The molecule has 256 valence electrons. The van der Waals surface area contributed by atoms with Crippen molar-refractivity contribution in [1.29, 1.82) is 0 Å². The molecule has 1 spiro atoms. The monoisotopic (exact) mass is 652 g/mol. The summed E-state index contributed by atoms with van der Waals surface area (Å²) < 4.78 is 41.5. The molecular formula is C32H44O14. The van der Waals surface area contributed by atoms with E-state index in [-0.39, 0.29) is 25.0 Å². The molecule has 3 aliphatic carbocycles. The number of hydrogen-bond acceptors (Lipinski definition) is 14. The smallest absolute Gasteiger partial charge is 0.303 e. The normalized spacial score (nSPS) is 39.1. The van der Waals surface area contributed by atoms with Gasteiger partial charge in [0.2, 0.25) is 0 Å². The van der Waals surface area contributed by atoms with Crippen LogP contribution in [0.4, 0.5) is 0 Å². The third-order valence-electron chi connectivity index (χ3n) is 10.3. The molecule has 3 fully saturated rings. The average Bonchev–Trinajstić information content (AvgIpc) is 3.67. The molecule has 0 aromatic heterocycles. The maximum absolute atomic E-state index is 13.1. The number of carbonyl (C=O) groups excluding carboxylic acids is 6. The quantitative estimate of drug-likeness (QED) is 0.189. The fourth-order valence-electron chi connectivity index (χ4n) is 8.43. The highest BCUT2D eigenvalue weighted by atomic mass is 16.6. The molecule has 0 amide bonds. The number of aliphatic hydroxyl groups is 1. The minimum Gasteiger partial charge on any atom is -0.462 e. The van der Waals surface area contributed by atoms with Gasteiger partial charge < -0.3 is 38.3 Å². The first-order valence-electron chi connectivity index (χ1n) is 15.2. The molecule has 46 heavy (non-hydrogen) atoms. The fraction of sp³-hybridized carbons (Fsp3) is 0.750. The zero-order valence-electron chi connectivity index (χ0n) is 27.9. The predicted molar refractivity (Wildman–Crippen MR) is 154 cm³/mol. The zero-order valence-corrected chi connectivity index (χ0v) is 27.9. The molecule has 4 aliphatic rings. The Kier molecular flexibility index (Phi) is 9.16. The van der Waals surface area contributed by atoms with E-state index < -0.39 is 100 Å². The topological polar surface area (TPSA) is 191 Å². The highest BCUT2D eigenvalue weighted by Gasteiger charge is 2.80. The minimum absolute atomic E-state index is 0.0353. The predicted octanol–water partition coefficient (Wildman–Crippen LogP) is 1.86. The number of carbonyl (C=O) groups is 6. The highest BCUT2D eigenvalue weighted by molar-refractivity contribution is 5.70. The molecule has 1 saturated heterocycles. The van der Waals surface area contributed by atoms with Gasteiger partial charge in [-0.05, 0) is 18.1 Å². The van der Waals surface area contributed by atoms with Crippen molar-refractivity contribution in [2.75, 3.05) is 6.61 Å². The van der Waals surface area contributed by atoms with Crippen molar-refractivity contribution in [3.05, 3.63) is 11.1 Å². The van der Waals surface area contributed by atoms with Crippen LogP contribution in [0.3, 0.4) is 0 Å². The summed E-state index contributed by atoms with van der Waals surface area (Å²) in [6.07, 6.45) is -8.16. The van der Waals surface area contributed by atoms with Crippen LogP contribution in [0.25, 0.3) is 0 Å². The van der Waals surface area contributed by atoms with E-state index in [2.05, 4.69) is 0 Å². The van der Waals surface area contributed by atoms with E-state index >= 15 is 0 Å². The Labute approximate surface area is 267 Å². The molecular weight excluding hydrogens is 608 g/mol. The van der Waals surface area contributed by atoms with E-state index in [1.54, 1.807) is 27.7 Å². The molecule has 10 atom stereocenters. The van der Waals surface area contributed by atoms with Crippen LogP contribution in [0.2, 0.25) is 0 Å². The van der Waals surface area contributed by atoms with Crippen LogP contribution in [0, 0.1) is 16.7 Å². The second-order valence-corrected chi connectivity index (χ2v) is 13.6. The highest BCUT2D eigenvalue weighted by Crippen LogP contribution is 2.67. The van der Waals surface area contributed by atoms with Crippen LogP contribution in [0.5, 0.6) is 0 Å². The molecule has 2 bridgehead atoms. The van der Waals surface area contributed by atoms with Crippen LogP contribution in [0.1, 0.15) is 82.1 Å². The first-order chi connectivity index (χ1) is 21.1. The van der Waals surface area contributed by atoms with Gasteiger partial charge in [0.15, 0.2) is 12.2 Å². The summed E-state index contributed by atoms with van der Waals surface area (Å²) in [7, 11) is 0. The van der Waals surface area contributed by atoms with Gasteiger partial charge in [-0.2, -0.15) is 0 Å². The van der Waals surface area contributed by atoms with Crippen LogP contribution in [-0.4, -0.2) is 95.4 Å². The lowest BCUT2D eigenvalue weighted by atomic mass is 9.45. The largest absolute Gasteiger partial charge is 0.462 e. The number of ether oxygens (including phenoxy) is 7. The molecule has 0 unspecified atom stereocenters. The van der Waals surface area contributed by atoms with Crippen LogP contribution < -0.4 is 0 Å². The molecule has 0 radical (unpaired) electrons. The van der Waals surface area contributed by atoms with Gasteiger partial charge in [0.05, 0.1) is 12.0 Å². The third-order valence-corrected chi connectivity index (χ3v) is 10.3. The van der Waals surface area contributed by atoms with Crippen molar-refractivity contribution in [3.63, 3.8) is 0 Å². The Morgan fingerprint density at radius 2 is 1.15 bits per heavy atom. The average molecular weight is 653 g/mol. The summed E-state index contributed by atoms with van der Waals surface area (Å²) in [5.74, 6) is -5.60. The maximum Gasteiger partial charge on any atom is 0.303 e. The Morgan fingerprint density at radius 3 is 1.61 bits per heavy atom. The molecule has 1 N–H and O–H groups in total. The van der Waals surface area contributed by atoms with E-state index in [0.29, 0.717) is 5.57 Å². The summed E-state index contributed by atoms with van der Waals surface area (Å²) in [5, 5.41) is 13.1. The van der Waals surface area contributed by atoms with Gasteiger partial charge in [-0.25, -0.2) is 0 Å². The number of esters is 6. The molecule has 1 aliphatic heterocycles. The van der Waals surface area contributed by atoms with E-state index in [0.717, 1.165) is 13.8 Å². The Morgan fingerprint density at radius 1 is 0.696 bits per heavy atom. The number of hydrogen-bond donors (Lipinski definition) is 1. The van der Waals surface area contributed by atoms with Crippen molar-refractivity contribution >= 4 is 35.8 Å². The van der Waals surface area contributed by atoms with Crippen LogP contribution in [0.15, 0.2) is 11.1 Å². The van der Waals surface area contributed by atoms with Crippen molar-refractivity contribution in [1.82, 2.24) is 0 Å². The van der Waals surface area contributed by atoms with Crippen molar-refractivity contribution in [2.24, 2.45) is 16.7 Å². The lowest BCUT2D eigenvalue weighted by molar-refractivity contribution is -0.284. The number of fused-ring (bicyclic) bond motifs is 4. The zero-order chi connectivity index (χ0) is 34.7. The summed E-state index contributed by atoms with van der Waals surface area (Å²) in [6, 6.07) is 0. The van der Waals surface area contributed by atoms with E-state index in [4.69, 9.17) is 33.2 Å². The number of epoxide rings is 1. The summed E-state index contributed by atoms with van der Waals surface area (Å²) in [4.78, 5) is 76.1. The van der Waals surface area contributed by atoms with E-state index in [1.807, 2.05) is 0 Å². The Hall–Kier alpha value is -3.52. The summed E-state index contributed by atoms with van der Waals surface area (Å²) in [5.41, 5.74) is -5.89. The van der Waals surface area contributed by atoms with Gasteiger partial charge in [0.25, 0.3) is 0 Å². The molecule has 2 saturated carbocycles. The van der Waals surface area contributed by atoms with Gasteiger partial charge >= 0.3 is 35.8 Å². The summed E-state index contributed by atoms with van der Waals surface area (Å²) >= 11 is 0. The lowest BCUT2D eigenvalue weighted by Gasteiger charge is -2.64. The standard InChI is InChI=1S/C32H44O14/c1-14-21(41-15(2)33)12-32(39)28(46-20(7)38)26-30(10,22(42-16(3)34)11-23(43-17(4)35)31(26)13-40-31)27(45-19(6)37)25(44-18(5)36)24(14)29(32,8)9/h21-23,25-28,39H,11-13H2,1-10H3/t21-,22-,23+,25-,26+,27+,28+,30-,31+,32-/m1/s1. The third kappa shape index (κ3) is 5.67. The molecule has 14 nitrogen and oxygen atoms in total. The second-order valence-electron chi connectivity index (χ2n) is 13.6.